The van der Waals surface area contributed by atoms with Crippen molar-refractivity contribution in [1.29, 1.82) is 0 Å². The zero-order valence-electron chi connectivity index (χ0n) is 12.3. The monoisotopic (exact) mass is 345 g/mol. The average molecular weight is 346 g/mol. The lowest BCUT2D eigenvalue weighted by atomic mass is 10.2. The standard InChI is InChI=1S/C18H20BrNO/c1-2-3-4-13-21-18-11-9-17(10-12-18)20-14-15-5-7-16(19)8-6-15/h5-12,14H,2-4,13H2,1H3. The Kier molecular flexibility index (Phi) is 6.48. The maximum atomic E-state index is 5.68. The molecule has 0 spiro atoms. The Morgan fingerprint density at radius 1 is 1.00 bits per heavy atom. The summed E-state index contributed by atoms with van der Waals surface area (Å²) in [7, 11) is 0. The maximum absolute atomic E-state index is 5.68. The van der Waals surface area contributed by atoms with Crippen LogP contribution in [0.25, 0.3) is 0 Å². The molecule has 0 aliphatic rings. The smallest absolute Gasteiger partial charge is 0.119 e. The van der Waals surface area contributed by atoms with E-state index in [1.165, 1.54) is 12.8 Å². The predicted molar refractivity (Wildman–Crippen MR) is 92.9 cm³/mol. The number of nitrogens with zero attached hydrogens (tertiary/aromatic N) is 1. The molecule has 0 saturated heterocycles. The van der Waals surface area contributed by atoms with Crippen LogP contribution in [0.15, 0.2) is 58.0 Å². The molecular formula is C18H20BrNO. The van der Waals surface area contributed by atoms with Gasteiger partial charge in [-0.25, -0.2) is 0 Å². The molecule has 21 heavy (non-hydrogen) atoms. The Morgan fingerprint density at radius 2 is 1.71 bits per heavy atom. The van der Waals surface area contributed by atoms with Crippen molar-refractivity contribution in [1.82, 2.24) is 0 Å². The molecule has 0 aromatic heterocycles. The fourth-order valence-corrected chi connectivity index (χ4v) is 2.13. The first-order chi connectivity index (χ1) is 10.3. The molecule has 110 valence electrons. The van der Waals surface area contributed by atoms with E-state index in [1.54, 1.807) is 0 Å². The van der Waals surface area contributed by atoms with Crippen LogP contribution >= 0.6 is 15.9 Å². The second kappa shape index (κ2) is 8.63. The van der Waals surface area contributed by atoms with Crippen LogP contribution in [0.4, 0.5) is 5.69 Å². The van der Waals surface area contributed by atoms with Crippen molar-refractivity contribution in [3.8, 4) is 5.75 Å². The molecular weight excluding hydrogens is 326 g/mol. The van der Waals surface area contributed by atoms with Crippen molar-refractivity contribution in [2.75, 3.05) is 6.61 Å². The number of hydrogen-bond donors (Lipinski definition) is 0. The van der Waals surface area contributed by atoms with Crippen molar-refractivity contribution in [2.24, 2.45) is 4.99 Å². The molecule has 0 fully saturated rings. The molecule has 0 aliphatic heterocycles. The lowest BCUT2D eigenvalue weighted by molar-refractivity contribution is 0.306. The van der Waals surface area contributed by atoms with E-state index in [4.69, 9.17) is 4.74 Å². The van der Waals surface area contributed by atoms with Gasteiger partial charge in [-0.3, -0.25) is 4.99 Å². The third kappa shape index (κ3) is 5.72. The van der Waals surface area contributed by atoms with Gasteiger partial charge in [0.2, 0.25) is 0 Å². The normalized spacial score (nSPS) is 11.0. The van der Waals surface area contributed by atoms with E-state index < -0.39 is 0 Å². The first-order valence-electron chi connectivity index (χ1n) is 7.30. The zero-order chi connectivity index (χ0) is 14.9. The Bertz CT molecular complexity index is 561. The number of aliphatic imine (C=N–C) groups is 1. The van der Waals surface area contributed by atoms with Gasteiger partial charge in [-0.2, -0.15) is 0 Å². The Hall–Kier alpha value is -1.61. The number of ether oxygens (including phenoxy) is 1. The minimum absolute atomic E-state index is 0.787. The summed E-state index contributed by atoms with van der Waals surface area (Å²) >= 11 is 3.42. The molecule has 2 rings (SSSR count). The number of hydrogen-bond acceptors (Lipinski definition) is 2. The van der Waals surface area contributed by atoms with E-state index in [0.717, 1.165) is 34.5 Å². The summed E-state index contributed by atoms with van der Waals surface area (Å²) in [6, 6.07) is 16.0. The number of rotatable bonds is 7. The lowest BCUT2D eigenvalue weighted by Crippen LogP contribution is -1.96. The summed E-state index contributed by atoms with van der Waals surface area (Å²) in [6.45, 7) is 2.98. The van der Waals surface area contributed by atoms with Gasteiger partial charge < -0.3 is 4.74 Å². The second-order valence-corrected chi connectivity index (χ2v) is 5.77. The molecule has 2 aromatic carbocycles. The predicted octanol–water partition coefficient (Wildman–Crippen LogP) is 5.77. The third-order valence-corrected chi connectivity index (χ3v) is 3.61. The van der Waals surface area contributed by atoms with Gasteiger partial charge in [0.15, 0.2) is 0 Å². The number of benzene rings is 2. The number of unbranched alkanes of at least 4 members (excludes halogenated alkanes) is 2. The summed E-state index contributed by atoms with van der Waals surface area (Å²) in [4.78, 5) is 4.46. The van der Waals surface area contributed by atoms with Crippen molar-refractivity contribution in [2.45, 2.75) is 26.2 Å². The Labute approximate surface area is 135 Å². The van der Waals surface area contributed by atoms with Crippen molar-refractivity contribution in [3.63, 3.8) is 0 Å². The lowest BCUT2D eigenvalue weighted by Gasteiger charge is -2.05. The molecule has 2 nitrogen and oxygen atoms in total. The Balaban J connectivity index is 1.88. The largest absolute Gasteiger partial charge is 0.494 e. The highest BCUT2D eigenvalue weighted by Crippen LogP contribution is 2.18. The fourth-order valence-electron chi connectivity index (χ4n) is 1.87. The Morgan fingerprint density at radius 3 is 2.38 bits per heavy atom. The van der Waals surface area contributed by atoms with Crippen LogP contribution in [0, 0.1) is 0 Å². The van der Waals surface area contributed by atoms with E-state index in [1.807, 2.05) is 54.7 Å². The van der Waals surface area contributed by atoms with E-state index in [2.05, 4.69) is 27.8 Å². The second-order valence-electron chi connectivity index (χ2n) is 4.86. The molecule has 0 heterocycles. The number of halogens is 1. The van der Waals surface area contributed by atoms with Crippen LogP contribution in [0.3, 0.4) is 0 Å². The minimum atomic E-state index is 0.787. The first-order valence-corrected chi connectivity index (χ1v) is 8.10. The molecule has 0 amide bonds. The van der Waals surface area contributed by atoms with Gasteiger partial charge in [-0.05, 0) is 48.4 Å². The van der Waals surface area contributed by atoms with Crippen molar-refractivity contribution in [3.05, 3.63) is 58.6 Å². The summed E-state index contributed by atoms with van der Waals surface area (Å²) in [5.41, 5.74) is 2.01. The highest BCUT2D eigenvalue weighted by atomic mass is 79.9. The highest BCUT2D eigenvalue weighted by molar-refractivity contribution is 9.10. The molecule has 0 atom stereocenters. The van der Waals surface area contributed by atoms with Gasteiger partial charge in [0.1, 0.15) is 5.75 Å². The van der Waals surface area contributed by atoms with Crippen molar-refractivity contribution < 1.29 is 4.74 Å². The fraction of sp³-hybridized carbons (Fsp3) is 0.278. The highest BCUT2D eigenvalue weighted by Gasteiger charge is 1.95. The summed E-state index contributed by atoms with van der Waals surface area (Å²) in [6.07, 6.45) is 5.41. The van der Waals surface area contributed by atoms with Gasteiger partial charge in [-0.1, -0.05) is 47.8 Å². The van der Waals surface area contributed by atoms with Gasteiger partial charge in [0.25, 0.3) is 0 Å². The van der Waals surface area contributed by atoms with Gasteiger partial charge in [0, 0.05) is 10.7 Å². The van der Waals surface area contributed by atoms with Crippen LogP contribution in [-0.4, -0.2) is 12.8 Å². The van der Waals surface area contributed by atoms with E-state index in [0.29, 0.717) is 0 Å². The SMILES string of the molecule is CCCCCOc1ccc(N=Cc2ccc(Br)cc2)cc1. The van der Waals surface area contributed by atoms with E-state index in [-0.39, 0.29) is 0 Å². The van der Waals surface area contributed by atoms with Gasteiger partial charge in [-0.15, -0.1) is 0 Å². The minimum Gasteiger partial charge on any atom is -0.494 e. The van der Waals surface area contributed by atoms with Crippen LogP contribution < -0.4 is 4.74 Å². The zero-order valence-corrected chi connectivity index (χ0v) is 13.8. The van der Waals surface area contributed by atoms with Crippen LogP contribution in [0.5, 0.6) is 5.75 Å². The molecule has 0 bridgehead atoms. The van der Waals surface area contributed by atoms with E-state index >= 15 is 0 Å². The third-order valence-electron chi connectivity index (χ3n) is 3.09. The molecule has 0 aliphatic carbocycles. The summed E-state index contributed by atoms with van der Waals surface area (Å²) in [5.74, 6) is 0.911. The molecule has 3 heteroatoms. The molecule has 0 saturated carbocycles. The van der Waals surface area contributed by atoms with Crippen molar-refractivity contribution >= 4 is 27.8 Å². The molecule has 0 radical (unpaired) electrons. The molecule has 2 aromatic rings. The van der Waals surface area contributed by atoms with Crippen LogP contribution in [-0.2, 0) is 0 Å². The quantitative estimate of drug-likeness (QED) is 0.461. The average Bonchev–Trinajstić information content (AvgIpc) is 2.52. The summed E-state index contributed by atoms with van der Waals surface area (Å²) in [5, 5.41) is 0. The first kappa shape index (κ1) is 15.8. The van der Waals surface area contributed by atoms with Gasteiger partial charge in [0.05, 0.1) is 12.3 Å². The van der Waals surface area contributed by atoms with Gasteiger partial charge >= 0.3 is 0 Å². The maximum Gasteiger partial charge on any atom is 0.119 e. The van der Waals surface area contributed by atoms with Crippen LogP contribution in [0.1, 0.15) is 31.7 Å². The van der Waals surface area contributed by atoms with Crippen LogP contribution in [0.2, 0.25) is 0 Å². The molecule has 0 unspecified atom stereocenters. The van der Waals surface area contributed by atoms with E-state index in [9.17, 15) is 0 Å². The summed E-state index contributed by atoms with van der Waals surface area (Å²) < 4.78 is 6.76. The topological polar surface area (TPSA) is 21.6 Å². The molecule has 0 N–H and O–H groups in total.